The Hall–Kier alpha value is -0.420. The molecular weight excluding hydrogens is 256 g/mol. The number of nitrogens with one attached hydrogen (secondary N) is 1. The van der Waals surface area contributed by atoms with E-state index in [0.29, 0.717) is 12.6 Å². The zero-order valence-electron chi connectivity index (χ0n) is 10.0. The van der Waals surface area contributed by atoms with Crippen molar-refractivity contribution in [3.63, 3.8) is 0 Å². The predicted octanol–water partition coefficient (Wildman–Crippen LogP) is 2.04. The summed E-state index contributed by atoms with van der Waals surface area (Å²) in [6.45, 7) is 2.66. The molecule has 0 aromatic carbocycles. The van der Waals surface area contributed by atoms with E-state index >= 15 is 0 Å². The summed E-state index contributed by atoms with van der Waals surface area (Å²) in [5.41, 5.74) is 0. The van der Waals surface area contributed by atoms with Crippen LogP contribution in [0.15, 0.2) is 17.5 Å². The fourth-order valence-electron chi connectivity index (χ4n) is 2.08. The smallest absolute Gasteiger partial charge is 0.186 e. The van der Waals surface area contributed by atoms with Gasteiger partial charge in [0, 0.05) is 12.6 Å². The maximum Gasteiger partial charge on any atom is 0.186 e. The molecule has 1 aliphatic rings. The number of piperidine rings is 1. The molecule has 0 saturated carbocycles. The third-order valence-corrected chi connectivity index (χ3v) is 3.99. The van der Waals surface area contributed by atoms with Gasteiger partial charge in [-0.3, -0.25) is 9.69 Å². The second-order valence-electron chi connectivity index (χ2n) is 4.32. The Morgan fingerprint density at radius 2 is 2.47 bits per heavy atom. The lowest BCUT2D eigenvalue weighted by Crippen LogP contribution is -2.45. The van der Waals surface area contributed by atoms with E-state index in [1.165, 1.54) is 24.2 Å². The molecule has 0 aliphatic carbocycles. The number of hydrogen-bond acceptors (Lipinski definition) is 4. The van der Waals surface area contributed by atoms with Gasteiger partial charge in [0.05, 0.1) is 11.4 Å². The van der Waals surface area contributed by atoms with Crippen molar-refractivity contribution in [1.29, 1.82) is 0 Å². The van der Waals surface area contributed by atoms with Gasteiger partial charge >= 0.3 is 0 Å². The number of ketones is 1. The topological polar surface area (TPSA) is 32.3 Å². The van der Waals surface area contributed by atoms with E-state index < -0.39 is 0 Å². The van der Waals surface area contributed by atoms with Crippen molar-refractivity contribution < 1.29 is 4.79 Å². The molecule has 1 saturated heterocycles. The molecule has 1 aromatic rings. The van der Waals surface area contributed by atoms with Gasteiger partial charge in [0.15, 0.2) is 5.78 Å². The lowest BCUT2D eigenvalue weighted by Gasteiger charge is -2.31. The molecule has 1 aliphatic heterocycles. The molecule has 0 spiro atoms. The SMILES string of the molecule is CN(CC(=O)c1cccs1)C1CCCNC1.Cl. The molecule has 1 fully saturated rings. The van der Waals surface area contributed by atoms with Crippen molar-refractivity contribution in [2.75, 3.05) is 26.7 Å². The third-order valence-electron chi connectivity index (χ3n) is 3.08. The Bertz CT molecular complexity index is 336. The van der Waals surface area contributed by atoms with Crippen molar-refractivity contribution in [3.05, 3.63) is 22.4 Å². The molecule has 0 bridgehead atoms. The van der Waals surface area contributed by atoms with Gasteiger partial charge in [0.1, 0.15) is 0 Å². The molecule has 2 rings (SSSR count). The first kappa shape index (κ1) is 14.6. The van der Waals surface area contributed by atoms with Crippen LogP contribution < -0.4 is 5.32 Å². The molecule has 1 atom stereocenters. The van der Waals surface area contributed by atoms with E-state index in [0.717, 1.165) is 18.0 Å². The Labute approximate surface area is 113 Å². The van der Waals surface area contributed by atoms with E-state index in [2.05, 4.69) is 10.2 Å². The second-order valence-corrected chi connectivity index (χ2v) is 5.26. The van der Waals surface area contributed by atoms with Gasteiger partial charge in [0.25, 0.3) is 0 Å². The maximum absolute atomic E-state index is 11.9. The van der Waals surface area contributed by atoms with E-state index in [9.17, 15) is 4.79 Å². The summed E-state index contributed by atoms with van der Waals surface area (Å²) in [6, 6.07) is 4.35. The van der Waals surface area contributed by atoms with E-state index in [4.69, 9.17) is 0 Å². The quantitative estimate of drug-likeness (QED) is 0.853. The van der Waals surface area contributed by atoms with Crippen LogP contribution in [0.1, 0.15) is 22.5 Å². The molecule has 17 heavy (non-hydrogen) atoms. The minimum absolute atomic E-state index is 0. The van der Waals surface area contributed by atoms with Crippen LogP contribution in [0, 0.1) is 0 Å². The first-order valence-electron chi connectivity index (χ1n) is 5.75. The van der Waals surface area contributed by atoms with Crippen LogP contribution in [0.25, 0.3) is 0 Å². The second kappa shape index (κ2) is 7.11. The van der Waals surface area contributed by atoms with Crippen LogP contribution in [0.5, 0.6) is 0 Å². The Kier molecular flexibility index (Phi) is 6.12. The van der Waals surface area contributed by atoms with Crippen molar-refractivity contribution in [3.8, 4) is 0 Å². The van der Waals surface area contributed by atoms with Gasteiger partial charge in [-0.1, -0.05) is 6.07 Å². The minimum Gasteiger partial charge on any atom is -0.315 e. The third kappa shape index (κ3) is 4.07. The summed E-state index contributed by atoms with van der Waals surface area (Å²) in [7, 11) is 2.04. The summed E-state index contributed by atoms with van der Waals surface area (Å²) in [5.74, 6) is 0.239. The van der Waals surface area contributed by atoms with Crippen LogP contribution in [0.3, 0.4) is 0 Å². The van der Waals surface area contributed by atoms with Crippen LogP contribution in [-0.4, -0.2) is 43.4 Å². The highest BCUT2D eigenvalue weighted by atomic mass is 35.5. The molecular formula is C12H19ClN2OS. The Morgan fingerprint density at radius 3 is 3.06 bits per heavy atom. The largest absolute Gasteiger partial charge is 0.315 e. The molecule has 1 N–H and O–H groups in total. The summed E-state index contributed by atoms with van der Waals surface area (Å²) in [6.07, 6.45) is 2.41. The number of carbonyl (C=O) groups is 1. The van der Waals surface area contributed by atoms with Gasteiger partial charge in [0.2, 0.25) is 0 Å². The van der Waals surface area contributed by atoms with E-state index in [1.807, 2.05) is 24.6 Å². The highest BCUT2D eigenvalue weighted by Crippen LogP contribution is 2.13. The Morgan fingerprint density at radius 1 is 1.65 bits per heavy atom. The molecule has 96 valence electrons. The van der Waals surface area contributed by atoms with Crippen molar-refractivity contribution in [2.45, 2.75) is 18.9 Å². The zero-order valence-corrected chi connectivity index (χ0v) is 11.6. The highest BCUT2D eigenvalue weighted by molar-refractivity contribution is 7.12. The molecule has 0 amide bonds. The van der Waals surface area contributed by atoms with Gasteiger partial charge < -0.3 is 5.32 Å². The molecule has 5 heteroatoms. The molecule has 1 unspecified atom stereocenters. The maximum atomic E-state index is 11.9. The van der Waals surface area contributed by atoms with Gasteiger partial charge in [-0.15, -0.1) is 23.7 Å². The number of nitrogens with zero attached hydrogens (tertiary/aromatic N) is 1. The number of rotatable bonds is 4. The van der Waals surface area contributed by atoms with Crippen LogP contribution in [0.4, 0.5) is 0 Å². The van der Waals surface area contributed by atoms with Gasteiger partial charge in [-0.2, -0.15) is 0 Å². The van der Waals surface area contributed by atoms with Crippen LogP contribution in [-0.2, 0) is 0 Å². The summed E-state index contributed by atoms with van der Waals surface area (Å²) in [4.78, 5) is 15.0. The summed E-state index contributed by atoms with van der Waals surface area (Å²) >= 11 is 1.53. The average Bonchev–Trinajstić information content (AvgIpc) is 2.83. The van der Waals surface area contributed by atoms with Crippen molar-refractivity contribution in [2.24, 2.45) is 0 Å². The fourth-order valence-corrected chi connectivity index (χ4v) is 2.74. The number of thiophene rings is 1. The Balaban J connectivity index is 0.00000144. The number of likely N-dealkylation sites (N-methyl/N-ethyl adjacent to an activating group) is 1. The zero-order chi connectivity index (χ0) is 11.4. The highest BCUT2D eigenvalue weighted by Gasteiger charge is 2.20. The molecule has 3 nitrogen and oxygen atoms in total. The van der Waals surface area contributed by atoms with Crippen LogP contribution in [0.2, 0.25) is 0 Å². The molecule has 2 heterocycles. The fraction of sp³-hybridized carbons (Fsp3) is 0.583. The monoisotopic (exact) mass is 274 g/mol. The number of Topliss-reactive ketones (excluding diaryl/α,β-unsaturated/α-hetero) is 1. The average molecular weight is 275 g/mol. The first-order valence-corrected chi connectivity index (χ1v) is 6.63. The number of carbonyl (C=O) groups excluding carboxylic acids is 1. The van der Waals surface area contributed by atoms with Gasteiger partial charge in [-0.25, -0.2) is 0 Å². The minimum atomic E-state index is 0. The van der Waals surface area contributed by atoms with E-state index in [1.54, 1.807) is 0 Å². The molecule has 1 aromatic heterocycles. The van der Waals surface area contributed by atoms with E-state index in [-0.39, 0.29) is 18.2 Å². The predicted molar refractivity (Wildman–Crippen MR) is 74.4 cm³/mol. The molecule has 0 radical (unpaired) electrons. The lowest BCUT2D eigenvalue weighted by molar-refractivity contribution is 0.0911. The number of halogens is 1. The normalized spacial score (nSPS) is 20.0. The first-order chi connectivity index (χ1) is 7.77. The lowest BCUT2D eigenvalue weighted by atomic mass is 10.1. The standard InChI is InChI=1S/C12H18N2OS.ClH/c1-14(10-4-2-6-13-8-10)9-11(15)12-5-3-7-16-12;/h3,5,7,10,13H,2,4,6,8-9H2,1H3;1H. The summed E-state index contributed by atoms with van der Waals surface area (Å²) in [5, 5.41) is 5.33. The van der Waals surface area contributed by atoms with Crippen molar-refractivity contribution in [1.82, 2.24) is 10.2 Å². The van der Waals surface area contributed by atoms with Gasteiger partial charge in [-0.05, 0) is 37.9 Å². The van der Waals surface area contributed by atoms with Crippen LogP contribution >= 0.6 is 23.7 Å². The van der Waals surface area contributed by atoms with Crippen molar-refractivity contribution >= 4 is 29.5 Å². The summed E-state index contributed by atoms with van der Waals surface area (Å²) < 4.78 is 0. The number of hydrogen-bond donors (Lipinski definition) is 1.